The molecule has 0 spiro atoms. The van der Waals surface area contributed by atoms with Gasteiger partial charge in [0.25, 0.3) is 0 Å². The molecule has 2 nitrogen and oxygen atoms in total. The minimum atomic E-state index is -1.79. The van der Waals surface area contributed by atoms with Crippen LogP contribution in [-0.2, 0) is 9.22 Å². The summed E-state index contributed by atoms with van der Waals surface area (Å²) >= 11 is 0. The maximum absolute atomic E-state index is 10.5. The molecule has 16 heavy (non-hydrogen) atoms. The average Bonchev–Trinajstić information content (AvgIpc) is 2.12. The summed E-state index contributed by atoms with van der Waals surface area (Å²) in [5.41, 5.74) is 1.75. The van der Waals surface area contributed by atoms with Crippen LogP contribution in [0.3, 0.4) is 0 Å². The minimum Gasteiger partial charge on any atom is -0.413 e. The van der Waals surface area contributed by atoms with Gasteiger partial charge >= 0.3 is 0 Å². The number of rotatable bonds is 7. The molecular weight excluding hydrogens is 216 g/mol. The van der Waals surface area contributed by atoms with Gasteiger partial charge in [0.05, 0.1) is 0 Å². The number of carbonyl (C=O) groups is 1. The van der Waals surface area contributed by atoms with Crippen molar-refractivity contribution in [3.63, 3.8) is 0 Å². The van der Waals surface area contributed by atoms with Crippen molar-refractivity contribution in [3.05, 3.63) is 0 Å². The molecule has 3 heteroatoms. The monoisotopic (exact) mass is 244 g/mol. The van der Waals surface area contributed by atoms with Gasteiger partial charge in [-0.1, -0.05) is 41.5 Å². The van der Waals surface area contributed by atoms with Crippen molar-refractivity contribution in [2.24, 2.45) is 0 Å². The Morgan fingerprint density at radius 2 is 1.31 bits per heavy atom. The summed E-state index contributed by atoms with van der Waals surface area (Å²) in [6.07, 6.45) is 1.54. The van der Waals surface area contributed by atoms with Crippen LogP contribution in [0.5, 0.6) is 0 Å². The van der Waals surface area contributed by atoms with Crippen LogP contribution in [-0.4, -0.2) is 20.7 Å². The first-order chi connectivity index (χ1) is 7.28. The Kier molecular flexibility index (Phi) is 6.49. The summed E-state index contributed by atoms with van der Waals surface area (Å²) in [7, 11) is -1.79. The largest absolute Gasteiger partial charge is 0.413 e. The van der Waals surface area contributed by atoms with Crippen LogP contribution < -0.4 is 0 Å². The molecule has 0 radical (unpaired) electrons. The lowest BCUT2D eigenvalue weighted by Crippen LogP contribution is -2.49. The second-order valence-electron chi connectivity index (χ2n) is 5.65. The Hall–Kier alpha value is -0.153. The predicted octanol–water partition coefficient (Wildman–Crippen LogP) is 4.16. The van der Waals surface area contributed by atoms with Crippen molar-refractivity contribution < 1.29 is 9.22 Å². The third kappa shape index (κ3) is 3.42. The molecule has 0 aromatic carbocycles. The molecule has 0 amide bonds. The fraction of sp³-hybridized carbons (Fsp3) is 0.923. The van der Waals surface area contributed by atoms with E-state index in [0.717, 1.165) is 6.29 Å². The second-order valence-corrected chi connectivity index (χ2v) is 11.1. The third-order valence-electron chi connectivity index (χ3n) is 3.54. The highest BCUT2D eigenvalue weighted by Crippen LogP contribution is 2.43. The highest BCUT2D eigenvalue weighted by Gasteiger charge is 2.45. The summed E-state index contributed by atoms with van der Waals surface area (Å²) in [6.45, 7) is 15.6. The highest BCUT2D eigenvalue weighted by molar-refractivity contribution is 6.77. The van der Waals surface area contributed by atoms with E-state index in [1.807, 2.05) is 6.92 Å². The van der Waals surface area contributed by atoms with Gasteiger partial charge < -0.3 is 9.22 Å². The van der Waals surface area contributed by atoms with Crippen LogP contribution in [0.2, 0.25) is 16.6 Å². The number of carbonyl (C=O) groups excluding carboxylic acids is 1. The Morgan fingerprint density at radius 1 is 0.938 bits per heavy atom. The van der Waals surface area contributed by atoms with Crippen LogP contribution in [0.25, 0.3) is 0 Å². The molecule has 0 unspecified atom stereocenters. The molecule has 0 aliphatic carbocycles. The van der Waals surface area contributed by atoms with E-state index in [4.69, 9.17) is 4.43 Å². The van der Waals surface area contributed by atoms with Gasteiger partial charge in [-0.15, -0.1) is 0 Å². The number of hydrogen-bond acceptors (Lipinski definition) is 2. The maximum atomic E-state index is 10.5. The predicted molar refractivity (Wildman–Crippen MR) is 72.3 cm³/mol. The quantitative estimate of drug-likeness (QED) is 0.496. The molecule has 0 heterocycles. The van der Waals surface area contributed by atoms with E-state index >= 15 is 0 Å². The summed E-state index contributed by atoms with van der Waals surface area (Å²) in [4.78, 5) is 10.5. The van der Waals surface area contributed by atoms with Gasteiger partial charge in [-0.2, -0.15) is 0 Å². The zero-order chi connectivity index (χ0) is 12.9. The van der Waals surface area contributed by atoms with Crippen LogP contribution in [0.4, 0.5) is 0 Å². The van der Waals surface area contributed by atoms with Crippen molar-refractivity contribution in [3.8, 4) is 0 Å². The first kappa shape index (κ1) is 15.8. The third-order valence-corrected chi connectivity index (χ3v) is 9.77. The minimum absolute atomic E-state index is 0.0661. The van der Waals surface area contributed by atoms with Crippen molar-refractivity contribution in [1.29, 1.82) is 0 Å². The highest BCUT2D eigenvalue weighted by atomic mass is 28.4. The molecule has 96 valence electrons. The van der Waals surface area contributed by atoms with Gasteiger partial charge in [-0.25, -0.2) is 0 Å². The Bertz CT molecular complexity index is 190. The van der Waals surface area contributed by atoms with E-state index in [-0.39, 0.29) is 6.10 Å². The standard InChI is InChI=1S/C13H28O2Si/c1-10(2)16(11(3)4,12(5)6)15-13(7)8-9-14/h9-13H,8H2,1-7H3/t13-/m0/s1. The number of aldehydes is 1. The maximum Gasteiger partial charge on any atom is 0.200 e. The Balaban J connectivity index is 4.97. The van der Waals surface area contributed by atoms with E-state index in [1.165, 1.54) is 0 Å². The van der Waals surface area contributed by atoms with Gasteiger partial charge in [0.2, 0.25) is 8.32 Å². The van der Waals surface area contributed by atoms with Gasteiger partial charge in [-0.05, 0) is 23.5 Å². The lowest BCUT2D eigenvalue weighted by molar-refractivity contribution is -0.109. The summed E-state index contributed by atoms with van der Waals surface area (Å²) in [6, 6.07) is 0. The molecule has 0 saturated heterocycles. The molecule has 0 N–H and O–H groups in total. The lowest BCUT2D eigenvalue weighted by atomic mass is 10.3. The molecule has 0 aliphatic heterocycles. The van der Waals surface area contributed by atoms with Crippen molar-refractivity contribution in [2.75, 3.05) is 0 Å². The second kappa shape index (κ2) is 6.55. The SMILES string of the molecule is CC(C)[Si](O[C@@H](C)CC=O)(C(C)C)C(C)C. The summed E-state index contributed by atoms with van der Waals surface area (Å²) in [5.74, 6) is 0. The molecule has 0 aromatic heterocycles. The molecular formula is C13H28O2Si. The summed E-state index contributed by atoms with van der Waals surface area (Å²) in [5, 5.41) is 0. The van der Waals surface area contributed by atoms with Gasteiger partial charge in [0.15, 0.2) is 0 Å². The molecule has 0 bridgehead atoms. The zero-order valence-electron chi connectivity index (χ0n) is 11.9. The van der Waals surface area contributed by atoms with Gasteiger partial charge in [0.1, 0.15) is 6.29 Å². The smallest absolute Gasteiger partial charge is 0.200 e. The van der Waals surface area contributed by atoms with Crippen LogP contribution >= 0.6 is 0 Å². The normalized spacial score (nSPS) is 14.9. The lowest BCUT2D eigenvalue weighted by Gasteiger charge is -2.43. The topological polar surface area (TPSA) is 26.3 Å². The van der Waals surface area contributed by atoms with Gasteiger partial charge in [-0.3, -0.25) is 0 Å². The van der Waals surface area contributed by atoms with E-state index < -0.39 is 8.32 Å². The molecule has 1 atom stereocenters. The van der Waals surface area contributed by atoms with Crippen molar-refractivity contribution >= 4 is 14.6 Å². The van der Waals surface area contributed by atoms with E-state index in [1.54, 1.807) is 0 Å². The Labute approximate surface area is 102 Å². The zero-order valence-corrected chi connectivity index (χ0v) is 12.9. The van der Waals surface area contributed by atoms with E-state index in [9.17, 15) is 4.79 Å². The number of hydrogen-bond donors (Lipinski definition) is 0. The molecule has 0 aliphatic rings. The molecule has 0 saturated carbocycles. The van der Waals surface area contributed by atoms with E-state index in [0.29, 0.717) is 23.0 Å². The fourth-order valence-corrected chi connectivity index (χ4v) is 8.55. The van der Waals surface area contributed by atoms with Crippen molar-refractivity contribution in [2.45, 2.75) is 77.6 Å². The first-order valence-corrected chi connectivity index (χ1v) is 8.54. The average molecular weight is 244 g/mol. The van der Waals surface area contributed by atoms with Crippen LogP contribution in [0, 0.1) is 0 Å². The fourth-order valence-electron chi connectivity index (χ4n) is 2.94. The molecule has 0 fully saturated rings. The van der Waals surface area contributed by atoms with Crippen molar-refractivity contribution in [1.82, 2.24) is 0 Å². The van der Waals surface area contributed by atoms with Gasteiger partial charge in [0, 0.05) is 12.5 Å². The molecule has 0 aromatic rings. The first-order valence-electron chi connectivity index (χ1n) is 6.40. The van der Waals surface area contributed by atoms with E-state index in [2.05, 4.69) is 41.5 Å². The van der Waals surface area contributed by atoms with Crippen LogP contribution in [0.1, 0.15) is 54.9 Å². The Morgan fingerprint density at radius 3 is 1.56 bits per heavy atom. The summed E-state index contributed by atoms with van der Waals surface area (Å²) < 4.78 is 6.37. The molecule has 0 rings (SSSR count). The van der Waals surface area contributed by atoms with Crippen LogP contribution in [0.15, 0.2) is 0 Å².